The van der Waals surface area contributed by atoms with Crippen molar-refractivity contribution < 1.29 is 10.2 Å². The van der Waals surface area contributed by atoms with Gasteiger partial charge in [-0.05, 0) is 13.0 Å². The third kappa shape index (κ3) is 8.00. The summed E-state index contributed by atoms with van der Waals surface area (Å²) >= 11 is 0. The van der Waals surface area contributed by atoms with Crippen LogP contribution in [0.25, 0.3) is 0 Å². The minimum Gasteiger partial charge on any atom is -0.394 e. The van der Waals surface area contributed by atoms with E-state index >= 15 is 0 Å². The molecule has 11 heavy (non-hydrogen) atoms. The van der Waals surface area contributed by atoms with E-state index in [-0.39, 0.29) is 16.1 Å². The van der Waals surface area contributed by atoms with E-state index in [0.29, 0.717) is 6.54 Å². The Morgan fingerprint density at radius 1 is 1.55 bits per heavy atom. The lowest BCUT2D eigenvalue weighted by Gasteiger charge is -2.07. The van der Waals surface area contributed by atoms with Gasteiger partial charge in [-0.15, -0.1) is 0 Å². The Balaban J connectivity index is 2.89. The molecule has 0 spiro atoms. The molecule has 1 atom stereocenters. The molecule has 0 amide bonds. The molecule has 0 aromatic rings. The SMILES string of the molecule is C[SiH2]CCCNCC(O)CO. The fraction of sp³-hybridized carbons (Fsp3) is 1.00. The summed E-state index contributed by atoms with van der Waals surface area (Å²) in [6.45, 7) is 3.64. The number of hydrogen-bond donors (Lipinski definition) is 3. The average Bonchev–Trinajstić information content (AvgIpc) is 2.04. The predicted molar refractivity (Wildman–Crippen MR) is 49.8 cm³/mol. The van der Waals surface area contributed by atoms with E-state index in [4.69, 9.17) is 10.2 Å². The summed E-state index contributed by atoms with van der Waals surface area (Å²) in [7, 11) is 0.210. The number of nitrogens with one attached hydrogen (secondary N) is 1. The van der Waals surface area contributed by atoms with Crippen molar-refractivity contribution in [1.82, 2.24) is 5.32 Å². The first-order valence-electron chi connectivity index (χ1n) is 4.31. The van der Waals surface area contributed by atoms with Crippen LogP contribution in [0.3, 0.4) is 0 Å². The molecular formula is C7H19NO2Si. The second-order valence-corrected chi connectivity index (χ2v) is 4.45. The van der Waals surface area contributed by atoms with Gasteiger partial charge in [0.25, 0.3) is 0 Å². The summed E-state index contributed by atoms with van der Waals surface area (Å²) in [6, 6.07) is 1.36. The van der Waals surface area contributed by atoms with Gasteiger partial charge in [0.1, 0.15) is 0 Å². The highest BCUT2D eigenvalue weighted by atomic mass is 28.2. The summed E-state index contributed by atoms with van der Waals surface area (Å²) in [6.07, 6.45) is 0.620. The van der Waals surface area contributed by atoms with Crippen LogP contribution in [0.5, 0.6) is 0 Å². The van der Waals surface area contributed by atoms with Gasteiger partial charge in [-0.1, -0.05) is 12.6 Å². The maximum absolute atomic E-state index is 8.91. The third-order valence-electron chi connectivity index (χ3n) is 1.55. The van der Waals surface area contributed by atoms with Crippen molar-refractivity contribution in [2.45, 2.75) is 25.1 Å². The fourth-order valence-corrected chi connectivity index (χ4v) is 1.58. The van der Waals surface area contributed by atoms with Gasteiger partial charge in [-0.25, -0.2) is 0 Å². The lowest BCUT2D eigenvalue weighted by molar-refractivity contribution is 0.0946. The summed E-state index contributed by atoms with van der Waals surface area (Å²) in [5.74, 6) is 0. The molecule has 1 unspecified atom stereocenters. The van der Waals surface area contributed by atoms with Crippen LogP contribution in [0.4, 0.5) is 0 Å². The highest BCUT2D eigenvalue weighted by molar-refractivity contribution is 6.33. The first kappa shape index (κ1) is 11.1. The lowest BCUT2D eigenvalue weighted by atomic mass is 10.3. The monoisotopic (exact) mass is 177 g/mol. The molecule has 0 rings (SSSR count). The van der Waals surface area contributed by atoms with Gasteiger partial charge in [0.2, 0.25) is 0 Å². The summed E-state index contributed by atoms with van der Waals surface area (Å²) in [4.78, 5) is 0. The molecule has 68 valence electrons. The van der Waals surface area contributed by atoms with Gasteiger partial charge >= 0.3 is 0 Å². The Morgan fingerprint density at radius 3 is 2.82 bits per heavy atom. The van der Waals surface area contributed by atoms with Gasteiger partial charge < -0.3 is 15.5 Å². The van der Waals surface area contributed by atoms with E-state index in [1.165, 1.54) is 12.5 Å². The van der Waals surface area contributed by atoms with E-state index in [9.17, 15) is 0 Å². The van der Waals surface area contributed by atoms with Gasteiger partial charge in [-0.3, -0.25) is 0 Å². The van der Waals surface area contributed by atoms with Crippen molar-refractivity contribution in [3.63, 3.8) is 0 Å². The zero-order chi connectivity index (χ0) is 8.53. The van der Waals surface area contributed by atoms with Crippen LogP contribution in [0.15, 0.2) is 0 Å². The summed E-state index contributed by atoms with van der Waals surface area (Å²) in [5.41, 5.74) is 0. The molecule has 0 aromatic carbocycles. The van der Waals surface area contributed by atoms with Crippen LogP contribution in [0.1, 0.15) is 6.42 Å². The fourth-order valence-electron chi connectivity index (χ4n) is 0.833. The van der Waals surface area contributed by atoms with Crippen LogP contribution in [0, 0.1) is 0 Å². The number of aliphatic hydroxyl groups excluding tert-OH is 2. The Hall–Kier alpha value is 0.0969. The van der Waals surface area contributed by atoms with E-state index in [2.05, 4.69) is 11.9 Å². The molecule has 0 fully saturated rings. The average molecular weight is 177 g/mol. The van der Waals surface area contributed by atoms with Crippen LogP contribution in [-0.4, -0.2) is 45.5 Å². The van der Waals surface area contributed by atoms with Gasteiger partial charge in [0.05, 0.1) is 12.7 Å². The Bertz CT molecular complexity index is 82.8. The molecule has 4 heteroatoms. The topological polar surface area (TPSA) is 52.5 Å². The van der Waals surface area contributed by atoms with Crippen LogP contribution >= 0.6 is 0 Å². The maximum Gasteiger partial charge on any atom is 0.0894 e. The molecule has 0 radical (unpaired) electrons. The molecule has 0 bridgehead atoms. The number of hydrogen-bond acceptors (Lipinski definition) is 3. The second-order valence-electron chi connectivity index (χ2n) is 2.75. The molecule has 0 aliphatic carbocycles. The van der Waals surface area contributed by atoms with E-state index in [1.54, 1.807) is 0 Å². The van der Waals surface area contributed by atoms with E-state index in [1.807, 2.05) is 0 Å². The second kappa shape index (κ2) is 8.20. The van der Waals surface area contributed by atoms with Crippen LogP contribution in [-0.2, 0) is 0 Å². The summed E-state index contributed by atoms with van der Waals surface area (Å²) < 4.78 is 0. The molecule has 3 N–H and O–H groups in total. The first-order chi connectivity index (χ1) is 5.31. The molecule has 0 aliphatic heterocycles. The highest BCUT2D eigenvalue weighted by Crippen LogP contribution is 1.85. The quantitative estimate of drug-likeness (QED) is 0.344. The van der Waals surface area contributed by atoms with Crippen molar-refractivity contribution in [3.05, 3.63) is 0 Å². The zero-order valence-corrected chi connectivity index (χ0v) is 8.63. The van der Waals surface area contributed by atoms with Crippen LogP contribution in [0.2, 0.25) is 12.6 Å². The molecule has 0 saturated heterocycles. The van der Waals surface area contributed by atoms with Crippen molar-refractivity contribution >= 4 is 9.52 Å². The number of rotatable bonds is 7. The van der Waals surface area contributed by atoms with Crippen molar-refractivity contribution in [1.29, 1.82) is 0 Å². The van der Waals surface area contributed by atoms with Crippen LogP contribution < -0.4 is 5.32 Å². The summed E-state index contributed by atoms with van der Waals surface area (Å²) in [5, 5.41) is 20.4. The largest absolute Gasteiger partial charge is 0.394 e. The minimum atomic E-state index is -0.589. The molecule has 0 aliphatic rings. The molecule has 0 heterocycles. The molecule has 0 saturated carbocycles. The van der Waals surface area contributed by atoms with Crippen molar-refractivity contribution in [2.75, 3.05) is 19.7 Å². The molecule has 3 nitrogen and oxygen atoms in total. The van der Waals surface area contributed by atoms with Crippen molar-refractivity contribution in [2.24, 2.45) is 0 Å². The molecule has 0 aromatic heterocycles. The minimum absolute atomic E-state index is 0.143. The standard InChI is InChI=1S/C7H19NO2Si/c1-11-4-2-3-8-5-7(10)6-9/h7-10H,2-6,11H2,1H3. The van der Waals surface area contributed by atoms with E-state index in [0.717, 1.165) is 6.54 Å². The molecular weight excluding hydrogens is 158 g/mol. The maximum atomic E-state index is 8.91. The van der Waals surface area contributed by atoms with Gasteiger partial charge in [-0.2, -0.15) is 0 Å². The lowest BCUT2D eigenvalue weighted by Crippen LogP contribution is -2.29. The smallest absolute Gasteiger partial charge is 0.0894 e. The van der Waals surface area contributed by atoms with E-state index < -0.39 is 6.10 Å². The Morgan fingerprint density at radius 2 is 2.27 bits per heavy atom. The number of aliphatic hydroxyl groups is 2. The normalized spacial score (nSPS) is 14.5. The first-order valence-corrected chi connectivity index (χ1v) is 6.72. The Kier molecular flexibility index (Phi) is 8.27. The predicted octanol–water partition coefficient (Wildman–Crippen LogP) is -1.05. The van der Waals surface area contributed by atoms with Gasteiger partial charge in [0.15, 0.2) is 0 Å². The third-order valence-corrected chi connectivity index (χ3v) is 2.75. The van der Waals surface area contributed by atoms with Gasteiger partial charge in [0, 0.05) is 16.1 Å². The van der Waals surface area contributed by atoms with Crippen molar-refractivity contribution in [3.8, 4) is 0 Å². The Labute approximate surface area is 70.6 Å². The highest BCUT2D eigenvalue weighted by Gasteiger charge is 1.98. The zero-order valence-electron chi connectivity index (χ0n) is 7.21.